The molecule has 0 amide bonds. The lowest BCUT2D eigenvalue weighted by atomic mass is 10.1. The van der Waals surface area contributed by atoms with Gasteiger partial charge in [0, 0.05) is 32.7 Å². The zero-order valence-corrected chi connectivity index (χ0v) is 18.5. The number of hydrogen-bond donors (Lipinski definition) is 1. The van der Waals surface area contributed by atoms with E-state index in [-0.39, 0.29) is 31.8 Å². The normalized spacial score (nSPS) is 20.9. The van der Waals surface area contributed by atoms with Crippen molar-refractivity contribution in [2.45, 2.75) is 38.8 Å². The Bertz CT molecular complexity index is 1100. The van der Waals surface area contributed by atoms with E-state index in [4.69, 9.17) is 14.2 Å². The number of aromatic nitrogens is 4. The molecule has 0 aliphatic carbocycles. The smallest absolute Gasteiger partial charge is 0.231 e. The molecule has 1 aromatic carbocycles. The molecule has 2 aliphatic rings. The van der Waals surface area contributed by atoms with Crippen molar-refractivity contribution >= 4 is 17.0 Å². The molecule has 2 atom stereocenters. The number of nitrogens with zero attached hydrogens (tertiary/aromatic N) is 6. The van der Waals surface area contributed by atoms with Gasteiger partial charge in [-0.05, 0) is 31.5 Å². The Morgan fingerprint density at radius 2 is 2.00 bits per heavy atom. The Labute approximate surface area is 186 Å². The van der Waals surface area contributed by atoms with Crippen LogP contribution in [0.5, 0.6) is 11.5 Å². The number of fused-ring (bicyclic) bond motifs is 2. The summed E-state index contributed by atoms with van der Waals surface area (Å²) in [4.78, 5) is 17.9. The van der Waals surface area contributed by atoms with Crippen molar-refractivity contribution in [1.29, 1.82) is 0 Å². The van der Waals surface area contributed by atoms with Crippen LogP contribution in [0.4, 0.5) is 5.82 Å². The van der Waals surface area contributed by atoms with E-state index in [9.17, 15) is 5.11 Å². The van der Waals surface area contributed by atoms with Gasteiger partial charge in [0.1, 0.15) is 12.6 Å². The van der Waals surface area contributed by atoms with E-state index in [1.165, 1.54) is 0 Å². The lowest BCUT2D eigenvalue weighted by Gasteiger charge is -2.38. The Morgan fingerprint density at radius 3 is 2.81 bits per heavy atom. The van der Waals surface area contributed by atoms with E-state index >= 15 is 0 Å². The monoisotopic (exact) mass is 440 g/mol. The maximum absolute atomic E-state index is 9.86. The van der Waals surface area contributed by atoms with Gasteiger partial charge < -0.3 is 24.2 Å². The van der Waals surface area contributed by atoms with Gasteiger partial charge in [-0.2, -0.15) is 0 Å². The molecule has 0 spiro atoms. The van der Waals surface area contributed by atoms with Gasteiger partial charge in [-0.3, -0.25) is 9.47 Å². The first-order chi connectivity index (χ1) is 15.5. The highest BCUT2D eigenvalue weighted by Gasteiger charge is 2.30. The van der Waals surface area contributed by atoms with Gasteiger partial charge >= 0.3 is 0 Å². The molecular formula is C22H28N6O4. The molecule has 170 valence electrons. The third-order valence-electron chi connectivity index (χ3n) is 6.03. The lowest BCUT2D eigenvalue weighted by Crippen LogP contribution is -2.46. The van der Waals surface area contributed by atoms with Gasteiger partial charge in [-0.25, -0.2) is 15.0 Å². The van der Waals surface area contributed by atoms with Gasteiger partial charge in [-0.15, -0.1) is 0 Å². The van der Waals surface area contributed by atoms with Gasteiger partial charge in [0.05, 0.1) is 19.0 Å². The molecule has 1 saturated heterocycles. The second-order valence-electron chi connectivity index (χ2n) is 8.50. The Balaban J connectivity index is 1.41. The van der Waals surface area contributed by atoms with Crippen molar-refractivity contribution in [3.8, 4) is 11.5 Å². The maximum atomic E-state index is 9.86. The topological polar surface area (TPSA) is 98.0 Å². The van der Waals surface area contributed by atoms with E-state index in [1.54, 1.807) is 12.7 Å². The van der Waals surface area contributed by atoms with Crippen LogP contribution in [0.2, 0.25) is 0 Å². The molecular weight excluding hydrogens is 412 g/mol. The average Bonchev–Trinajstić information content (AvgIpc) is 3.44. The van der Waals surface area contributed by atoms with E-state index in [1.807, 2.05) is 29.8 Å². The van der Waals surface area contributed by atoms with E-state index in [2.05, 4.69) is 38.6 Å². The van der Waals surface area contributed by atoms with Crippen molar-refractivity contribution in [2.24, 2.45) is 0 Å². The fourth-order valence-electron chi connectivity index (χ4n) is 4.13. The molecule has 1 N–H and O–H groups in total. The van der Waals surface area contributed by atoms with Gasteiger partial charge in [0.25, 0.3) is 0 Å². The van der Waals surface area contributed by atoms with Crippen LogP contribution >= 0.6 is 0 Å². The summed E-state index contributed by atoms with van der Waals surface area (Å²) in [6.45, 7) is 6.38. The van der Waals surface area contributed by atoms with Crippen LogP contribution in [0, 0.1) is 0 Å². The molecule has 0 unspecified atom stereocenters. The minimum absolute atomic E-state index is 0.0584. The minimum Gasteiger partial charge on any atom is -0.454 e. The maximum Gasteiger partial charge on any atom is 0.231 e. The molecule has 10 nitrogen and oxygen atoms in total. The van der Waals surface area contributed by atoms with E-state index < -0.39 is 0 Å². The molecule has 0 radical (unpaired) electrons. The summed E-state index contributed by atoms with van der Waals surface area (Å²) in [7, 11) is 2.00. The molecule has 5 rings (SSSR count). The summed E-state index contributed by atoms with van der Waals surface area (Å²) in [5.74, 6) is 2.33. The van der Waals surface area contributed by atoms with Crippen LogP contribution < -0.4 is 14.4 Å². The number of aliphatic hydroxyl groups is 1. The molecule has 2 aromatic heterocycles. The number of morpholine rings is 1. The summed E-state index contributed by atoms with van der Waals surface area (Å²) < 4.78 is 19.0. The van der Waals surface area contributed by atoms with E-state index in [0.717, 1.165) is 28.4 Å². The predicted octanol–water partition coefficient (Wildman–Crippen LogP) is 1.79. The summed E-state index contributed by atoms with van der Waals surface area (Å²) in [6.07, 6.45) is 2.68. The van der Waals surface area contributed by atoms with Gasteiger partial charge in [-0.1, -0.05) is 6.07 Å². The van der Waals surface area contributed by atoms with Crippen molar-refractivity contribution in [1.82, 2.24) is 24.4 Å². The van der Waals surface area contributed by atoms with Crippen molar-refractivity contribution < 1.29 is 19.3 Å². The first kappa shape index (κ1) is 20.9. The summed E-state index contributed by atoms with van der Waals surface area (Å²) in [5.41, 5.74) is 2.57. The largest absolute Gasteiger partial charge is 0.454 e. The van der Waals surface area contributed by atoms with Crippen LogP contribution in [-0.2, 0) is 11.3 Å². The second kappa shape index (κ2) is 8.53. The van der Waals surface area contributed by atoms with Crippen LogP contribution in [0.15, 0.2) is 30.9 Å². The number of benzene rings is 1. The van der Waals surface area contributed by atoms with Gasteiger partial charge in [0.2, 0.25) is 6.79 Å². The lowest BCUT2D eigenvalue weighted by molar-refractivity contribution is -0.135. The number of rotatable bonds is 6. The summed E-state index contributed by atoms with van der Waals surface area (Å²) >= 11 is 0. The third-order valence-corrected chi connectivity index (χ3v) is 6.03. The highest BCUT2D eigenvalue weighted by atomic mass is 16.7. The number of ether oxygens (including phenoxy) is 3. The Morgan fingerprint density at radius 1 is 1.16 bits per heavy atom. The number of aliphatic hydroxyl groups excluding tert-OH is 1. The zero-order valence-electron chi connectivity index (χ0n) is 18.5. The Hall–Kier alpha value is -2.95. The van der Waals surface area contributed by atoms with Crippen LogP contribution in [0.25, 0.3) is 11.2 Å². The highest BCUT2D eigenvalue weighted by Crippen LogP contribution is 2.33. The summed E-state index contributed by atoms with van der Waals surface area (Å²) in [5, 5.41) is 9.86. The third kappa shape index (κ3) is 3.85. The standard InChI is InChI=1S/C22H28N6O4/c1-14(2)26(3)21-20-22(24-11-23-21)28(12-25-20)19-9-27(8-16(10-29)32-19)7-15-4-5-17-18(6-15)31-13-30-17/h4-6,11-12,14,16,19,29H,7-10,13H2,1-3H3/t16-,19+/m0/s1. The minimum atomic E-state index is -0.327. The number of imidazole rings is 1. The molecule has 2 aliphatic heterocycles. The predicted molar refractivity (Wildman–Crippen MR) is 118 cm³/mol. The van der Waals surface area contributed by atoms with Crippen LogP contribution in [0.3, 0.4) is 0 Å². The highest BCUT2D eigenvalue weighted by molar-refractivity contribution is 5.83. The zero-order chi connectivity index (χ0) is 22.2. The fourth-order valence-corrected chi connectivity index (χ4v) is 4.13. The van der Waals surface area contributed by atoms with Gasteiger partial charge in [0.15, 0.2) is 28.5 Å². The fraction of sp³-hybridized carbons (Fsp3) is 0.500. The number of hydrogen-bond acceptors (Lipinski definition) is 9. The van der Waals surface area contributed by atoms with Crippen molar-refractivity contribution in [3.05, 3.63) is 36.4 Å². The SMILES string of the molecule is CC(C)N(C)c1ncnc2c1ncn2[C@H]1CN(Cc2ccc3c(c2)OCO3)C[C@@H](CO)O1. The summed E-state index contributed by atoms with van der Waals surface area (Å²) in [6, 6.07) is 6.26. The van der Waals surface area contributed by atoms with E-state index in [0.29, 0.717) is 25.3 Å². The first-order valence-corrected chi connectivity index (χ1v) is 10.8. The molecule has 10 heteroatoms. The Kier molecular flexibility index (Phi) is 5.58. The van der Waals surface area contributed by atoms with Crippen LogP contribution in [0.1, 0.15) is 25.6 Å². The molecule has 0 bridgehead atoms. The first-order valence-electron chi connectivity index (χ1n) is 10.8. The number of anilines is 1. The van der Waals surface area contributed by atoms with Crippen molar-refractivity contribution in [3.63, 3.8) is 0 Å². The second-order valence-corrected chi connectivity index (χ2v) is 8.50. The quantitative estimate of drug-likeness (QED) is 0.615. The molecule has 4 heterocycles. The molecule has 32 heavy (non-hydrogen) atoms. The van der Waals surface area contributed by atoms with Crippen LogP contribution in [-0.4, -0.2) is 75.2 Å². The average molecular weight is 441 g/mol. The van der Waals surface area contributed by atoms with Crippen molar-refractivity contribution in [2.75, 3.05) is 38.4 Å². The molecule has 3 aromatic rings. The molecule has 0 saturated carbocycles. The molecule has 1 fully saturated rings.